The highest BCUT2D eigenvalue weighted by Crippen LogP contribution is 2.15. The van der Waals surface area contributed by atoms with E-state index in [1.165, 1.54) is 0 Å². The van der Waals surface area contributed by atoms with Gasteiger partial charge < -0.3 is 19.1 Å². The van der Waals surface area contributed by atoms with Crippen molar-refractivity contribution in [2.45, 2.75) is 38.7 Å². The van der Waals surface area contributed by atoms with E-state index in [4.69, 9.17) is 14.2 Å². The molecule has 0 saturated carbocycles. The van der Waals surface area contributed by atoms with Gasteiger partial charge in [-0.3, -0.25) is 0 Å². The first-order chi connectivity index (χ1) is 13.2. The van der Waals surface area contributed by atoms with Crippen LogP contribution in [0.15, 0.2) is 60.7 Å². The number of carbonyl (C=O) groups is 1. The van der Waals surface area contributed by atoms with Crippen molar-refractivity contribution in [1.29, 1.82) is 0 Å². The highest BCUT2D eigenvalue weighted by atomic mass is 16.6. The molecule has 27 heavy (non-hydrogen) atoms. The molecule has 1 aliphatic rings. The Morgan fingerprint density at radius 1 is 1.04 bits per heavy atom. The van der Waals surface area contributed by atoms with Crippen molar-refractivity contribution in [3.8, 4) is 0 Å². The lowest BCUT2D eigenvalue weighted by molar-refractivity contribution is -0.0608. The van der Waals surface area contributed by atoms with Gasteiger partial charge in [-0.1, -0.05) is 60.7 Å². The number of hydrogen-bond acceptors (Lipinski definition) is 4. The van der Waals surface area contributed by atoms with Crippen LogP contribution in [0, 0.1) is 0 Å². The highest BCUT2D eigenvalue weighted by molar-refractivity contribution is 5.68. The third kappa shape index (κ3) is 6.08. The summed E-state index contributed by atoms with van der Waals surface area (Å²) in [5.74, 6) is 0. The SMILES string of the molecule is C[C@H]1CCOC[C@H](OCc2ccccc2)CN1C(=O)OCc1ccccc1. The largest absolute Gasteiger partial charge is 0.445 e. The molecule has 2 aromatic carbocycles. The van der Waals surface area contributed by atoms with E-state index in [2.05, 4.69) is 0 Å². The van der Waals surface area contributed by atoms with Gasteiger partial charge in [-0.15, -0.1) is 0 Å². The van der Waals surface area contributed by atoms with Crippen LogP contribution >= 0.6 is 0 Å². The maximum atomic E-state index is 12.7. The molecule has 1 amide bonds. The van der Waals surface area contributed by atoms with Crippen LogP contribution in [0.25, 0.3) is 0 Å². The molecule has 0 aliphatic carbocycles. The number of ether oxygens (including phenoxy) is 3. The molecule has 0 spiro atoms. The van der Waals surface area contributed by atoms with Crippen LogP contribution in [0.4, 0.5) is 4.79 Å². The molecule has 144 valence electrons. The lowest BCUT2D eigenvalue weighted by Gasteiger charge is -2.34. The van der Waals surface area contributed by atoms with Gasteiger partial charge >= 0.3 is 6.09 Å². The van der Waals surface area contributed by atoms with E-state index >= 15 is 0 Å². The van der Waals surface area contributed by atoms with E-state index in [0.717, 1.165) is 17.5 Å². The van der Waals surface area contributed by atoms with Crippen LogP contribution < -0.4 is 0 Å². The molecule has 5 heteroatoms. The van der Waals surface area contributed by atoms with Gasteiger partial charge in [0.1, 0.15) is 6.61 Å². The second-order valence-electron chi connectivity index (χ2n) is 6.82. The molecular formula is C22H27NO4. The number of rotatable bonds is 5. The van der Waals surface area contributed by atoms with Crippen molar-refractivity contribution in [1.82, 2.24) is 4.90 Å². The first kappa shape index (κ1) is 19.4. The first-order valence-electron chi connectivity index (χ1n) is 9.43. The number of carbonyl (C=O) groups excluding carboxylic acids is 1. The van der Waals surface area contributed by atoms with Crippen molar-refractivity contribution in [2.24, 2.45) is 0 Å². The van der Waals surface area contributed by atoms with Crippen molar-refractivity contribution >= 4 is 6.09 Å². The Labute approximate surface area is 160 Å². The molecular weight excluding hydrogens is 342 g/mol. The predicted octanol–water partition coefficient (Wildman–Crippen LogP) is 4.02. The van der Waals surface area contributed by atoms with Gasteiger partial charge in [0.25, 0.3) is 0 Å². The van der Waals surface area contributed by atoms with Crippen LogP contribution in [0.3, 0.4) is 0 Å². The standard InChI is InChI=1S/C22H27NO4/c1-18-12-13-25-17-21(26-15-19-8-4-2-5-9-19)14-23(18)22(24)27-16-20-10-6-3-7-11-20/h2-11,18,21H,12-17H2,1H3/t18-,21+/m0/s1. The summed E-state index contributed by atoms with van der Waals surface area (Å²) in [4.78, 5) is 14.4. The fourth-order valence-corrected chi connectivity index (χ4v) is 3.02. The van der Waals surface area contributed by atoms with E-state index < -0.39 is 0 Å². The molecule has 0 unspecified atom stereocenters. The van der Waals surface area contributed by atoms with Gasteiger partial charge in [0, 0.05) is 12.6 Å². The molecule has 2 aromatic rings. The van der Waals surface area contributed by atoms with Gasteiger partial charge in [-0.25, -0.2) is 4.79 Å². The first-order valence-corrected chi connectivity index (χ1v) is 9.43. The summed E-state index contributed by atoms with van der Waals surface area (Å²) in [5, 5.41) is 0. The van der Waals surface area contributed by atoms with Gasteiger partial charge in [-0.2, -0.15) is 0 Å². The Bertz CT molecular complexity index is 692. The fourth-order valence-electron chi connectivity index (χ4n) is 3.02. The molecule has 1 aliphatic heterocycles. The summed E-state index contributed by atoms with van der Waals surface area (Å²) in [6.07, 6.45) is 0.296. The molecule has 3 rings (SSSR count). The smallest absolute Gasteiger partial charge is 0.410 e. The molecule has 2 atom stereocenters. The van der Waals surface area contributed by atoms with E-state index in [1.807, 2.05) is 67.6 Å². The van der Waals surface area contributed by atoms with Gasteiger partial charge in [-0.05, 0) is 24.5 Å². The summed E-state index contributed by atoms with van der Waals surface area (Å²) < 4.78 is 17.3. The van der Waals surface area contributed by atoms with Crippen LogP contribution in [0.1, 0.15) is 24.5 Å². The van der Waals surface area contributed by atoms with Crippen LogP contribution in [0.2, 0.25) is 0 Å². The van der Waals surface area contributed by atoms with Crippen molar-refractivity contribution in [3.63, 3.8) is 0 Å². The molecule has 0 radical (unpaired) electrons. The molecule has 0 N–H and O–H groups in total. The molecule has 1 fully saturated rings. The highest BCUT2D eigenvalue weighted by Gasteiger charge is 2.27. The summed E-state index contributed by atoms with van der Waals surface area (Å²) in [6, 6.07) is 19.8. The van der Waals surface area contributed by atoms with E-state index in [9.17, 15) is 4.79 Å². The van der Waals surface area contributed by atoms with Crippen molar-refractivity contribution in [3.05, 3.63) is 71.8 Å². The maximum Gasteiger partial charge on any atom is 0.410 e. The minimum absolute atomic E-state index is 0.0383. The number of nitrogens with zero attached hydrogens (tertiary/aromatic N) is 1. The summed E-state index contributed by atoms with van der Waals surface area (Å²) in [7, 11) is 0. The minimum Gasteiger partial charge on any atom is -0.445 e. The van der Waals surface area contributed by atoms with E-state index in [1.54, 1.807) is 4.90 Å². The summed E-state index contributed by atoms with van der Waals surface area (Å²) in [6.45, 7) is 4.33. The predicted molar refractivity (Wildman–Crippen MR) is 103 cm³/mol. The third-order valence-electron chi connectivity index (χ3n) is 4.68. The average Bonchev–Trinajstić information content (AvgIpc) is 2.70. The van der Waals surface area contributed by atoms with Crippen LogP contribution in [-0.2, 0) is 27.4 Å². The lowest BCUT2D eigenvalue weighted by Crippen LogP contribution is -2.47. The molecule has 1 heterocycles. The normalized spacial score (nSPS) is 20.6. The zero-order chi connectivity index (χ0) is 18.9. The average molecular weight is 369 g/mol. The quantitative estimate of drug-likeness (QED) is 0.799. The van der Waals surface area contributed by atoms with Gasteiger partial charge in [0.2, 0.25) is 0 Å². The third-order valence-corrected chi connectivity index (χ3v) is 4.68. The second kappa shape index (κ2) is 10.1. The minimum atomic E-state index is -0.304. The second-order valence-corrected chi connectivity index (χ2v) is 6.82. The molecule has 1 saturated heterocycles. The Balaban J connectivity index is 1.57. The number of amides is 1. The molecule has 0 aromatic heterocycles. The zero-order valence-corrected chi connectivity index (χ0v) is 15.8. The Morgan fingerprint density at radius 2 is 1.67 bits per heavy atom. The van der Waals surface area contributed by atoms with E-state index in [0.29, 0.717) is 26.4 Å². The van der Waals surface area contributed by atoms with Crippen LogP contribution in [0.5, 0.6) is 0 Å². The van der Waals surface area contributed by atoms with E-state index in [-0.39, 0.29) is 24.8 Å². The number of benzene rings is 2. The number of hydrogen-bond donors (Lipinski definition) is 0. The van der Waals surface area contributed by atoms with Gasteiger partial charge in [0.15, 0.2) is 0 Å². The topological polar surface area (TPSA) is 48.0 Å². The van der Waals surface area contributed by atoms with Crippen molar-refractivity contribution in [2.75, 3.05) is 19.8 Å². The van der Waals surface area contributed by atoms with Crippen molar-refractivity contribution < 1.29 is 19.0 Å². The monoisotopic (exact) mass is 369 g/mol. The summed E-state index contributed by atoms with van der Waals surface area (Å²) >= 11 is 0. The summed E-state index contributed by atoms with van der Waals surface area (Å²) in [5.41, 5.74) is 2.08. The molecule has 0 bridgehead atoms. The Kier molecular flexibility index (Phi) is 7.25. The molecule has 5 nitrogen and oxygen atoms in total. The maximum absolute atomic E-state index is 12.7. The Hall–Kier alpha value is -2.37. The zero-order valence-electron chi connectivity index (χ0n) is 15.8. The van der Waals surface area contributed by atoms with Crippen LogP contribution in [-0.4, -0.2) is 42.9 Å². The Morgan fingerprint density at radius 3 is 2.33 bits per heavy atom. The van der Waals surface area contributed by atoms with Gasteiger partial charge in [0.05, 0.1) is 25.9 Å². The lowest BCUT2D eigenvalue weighted by atomic mass is 10.1. The fraction of sp³-hybridized carbons (Fsp3) is 0.409.